The van der Waals surface area contributed by atoms with Gasteiger partial charge in [-0.3, -0.25) is 0 Å². The maximum absolute atomic E-state index is 5.93. The van der Waals surface area contributed by atoms with Crippen molar-refractivity contribution >= 4 is 11.6 Å². The van der Waals surface area contributed by atoms with Crippen molar-refractivity contribution in [3.05, 3.63) is 29.8 Å². The number of halogens is 1. The minimum atomic E-state index is 0.0237. The van der Waals surface area contributed by atoms with E-state index in [2.05, 4.69) is 0 Å². The standard InChI is InChI=1S/C12H18ClNO/c1-9(2)15-11-5-3-10(4-6-11)12(14)7-8-13/h3-6,9,12H,7-8,14H2,1-2H3. The van der Waals surface area contributed by atoms with Crippen LogP contribution in [0.4, 0.5) is 0 Å². The monoisotopic (exact) mass is 227 g/mol. The Kier molecular flexibility index (Phi) is 4.92. The first-order chi connectivity index (χ1) is 7.13. The van der Waals surface area contributed by atoms with E-state index in [0.29, 0.717) is 5.88 Å². The number of hydrogen-bond acceptors (Lipinski definition) is 2. The second-order valence-corrected chi connectivity index (χ2v) is 4.20. The Hall–Kier alpha value is -0.730. The lowest BCUT2D eigenvalue weighted by atomic mass is 10.1. The van der Waals surface area contributed by atoms with E-state index in [-0.39, 0.29) is 12.1 Å². The molecule has 3 heteroatoms. The van der Waals surface area contributed by atoms with Gasteiger partial charge in [-0.2, -0.15) is 0 Å². The van der Waals surface area contributed by atoms with E-state index in [9.17, 15) is 0 Å². The summed E-state index contributed by atoms with van der Waals surface area (Å²) < 4.78 is 5.54. The summed E-state index contributed by atoms with van der Waals surface area (Å²) in [5.74, 6) is 1.47. The molecule has 2 N–H and O–H groups in total. The highest BCUT2D eigenvalue weighted by Crippen LogP contribution is 2.19. The molecule has 0 amide bonds. The molecule has 0 aromatic heterocycles. The Morgan fingerprint density at radius 1 is 1.27 bits per heavy atom. The number of alkyl halides is 1. The van der Waals surface area contributed by atoms with Crippen molar-refractivity contribution in [3.8, 4) is 5.75 Å². The summed E-state index contributed by atoms with van der Waals surface area (Å²) in [4.78, 5) is 0. The van der Waals surface area contributed by atoms with Crippen LogP contribution in [0, 0.1) is 0 Å². The third-order valence-electron chi connectivity index (χ3n) is 2.10. The van der Waals surface area contributed by atoms with Crippen LogP contribution in [-0.4, -0.2) is 12.0 Å². The van der Waals surface area contributed by atoms with Gasteiger partial charge in [-0.25, -0.2) is 0 Å². The Morgan fingerprint density at radius 3 is 2.33 bits per heavy atom. The lowest BCUT2D eigenvalue weighted by molar-refractivity contribution is 0.242. The van der Waals surface area contributed by atoms with Gasteiger partial charge in [-0.15, -0.1) is 11.6 Å². The maximum atomic E-state index is 5.93. The molecule has 0 fully saturated rings. The number of ether oxygens (including phenoxy) is 1. The first-order valence-electron chi connectivity index (χ1n) is 5.21. The van der Waals surface area contributed by atoms with Crippen molar-refractivity contribution in [1.82, 2.24) is 0 Å². The van der Waals surface area contributed by atoms with Crippen molar-refractivity contribution in [3.63, 3.8) is 0 Å². The van der Waals surface area contributed by atoms with Crippen molar-refractivity contribution in [2.45, 2.75) is 32.4 Å². The molecular formula is C12H18ClNO. The van der Waals surface area contributed by atoms with E-state index in [1.54, 1.807) is 0 Å². The fourth-order valence-electron chi connectivity index (χ4n) is 1.35. The highest BCUT2D eigenvalue weighted by atomic mass is 35.5. The van der Waals surface area contributed by atoms with Crippen molar-refractivity contribution < 1.29 is 4.74 Å². The van der Waals surface area contributed by atoms with Gasteiger partial charge in [0.1, 0.15) is 5.75 Å². The fourth-order valence-corrected chi connectivity index (χ4v) is 1.59. The molecule has 15 heavy (non-hydrogen) atoms. The number of benzene rings is 1. The molecule has 0 bridgehead atoms. The largest absolute Gasteiger partial charge is 0.491 e. The Balaban J connectivity index is 2.63. The second-order valence-electron chi connectivity index (χ2n) is 3.82. The Bertz CT molecular complexity index is 284. The van der Waals surface area contributed by atoms with Crippen LogP contribution in [0.2, 0.25) is 0 Å². The van der Waals surface area contributed by atoms with E-state index in [0.717, 1.165) is 17.7 Å². The third kappa shape index (κ3) is 4.10. The first-order valence-corrected chi connectivity index (χ1v) is 5.75. The Morgan fingerprint density at radius 2 is 1.87 bits per heavy atom. The summed E-state index contributed by atoms with van der Waals surface area (Å²) in [6.07, 6.45) is 0.999. The highest BCUT2D eigenvalue weighted by molar-refractivity contribution is 6.17. The predicted molar refractivity (Wildman–Crippen MR) is 64.5 cm³/mol. The average Bonchev–Trinajstić information content (AvgIpc) is 2.18. The molecule has 84 valence electrons. The van der Waals surface area contributed by atoms with Crippen LogP contribution >= 0.6 is 11.6 Å². The number of nitrogens with two attached hydrogens (primary N) is 1. The van der Waals surface area contributed by atoms with E-state index in [1.807, 2.05) is 38.1 Å². The quantitative estimate of drug-likeness (QED) is 0.785. The van der Waals surface area contributed by atoms with Crippen LogP contribution in [0.25, 0.3) is 0 Å². The van der Waals surface area contributed by atoms with Crippen LogP contribution < -0.4 is 10.5 Å². The van der Waals surface area contributed by atoms with Crippen molar-refractivity contribution in [2.24, 2.45) is 5.73 Å². The smallest absolute Gasteiger partial charge is 0.119 e. The number of hydrogen-bond donors (Lipinski definition) is 1. The molecule has 0 aliphatic rings. The predicted octanol–water partition coefficient (Wildman–Crippen LogP) is 3.10. The van der Waals surface area contributed by atoms with Crippen LogP contribution in [0.5, 0.6) is 5.75 Å². The fraction of sp³-hybridized carbons (Fsp3) is 0.500. The molecule has 0 radical (unpaired) electrons. The van der Waals surface area contributed by atoms with Gasteiger partial charge in [0.25, 0.3) is 0 Å². The molecule has 0 aliphatic carbocycles. The average molecular weight is 228 g/mol. The molecule has 0 aliphatic heterocycles. The molecule has 2 nitrogen and oxygen atoms in total. The molecule has 1 unspecified atom stereocenters. The first kappa shape index (κ1) is 12.3. The summed E-state index contributed by atoms with van der Waals surface area (Å²) in [5, 5.41) is 0. The molecule has 1 atom stereocenters. The molecule has 0 saturated carbocycles. The summed E-state index contributed by atoms with van der Waals surface area (Å²) in [6.45, 7) is 4.01. The van der Waals surface area contributed by atoms with E-state index < -0.39 is 0 Å². The number of rotatable bonds is 5. The van der Waals surface area contributed by atoms with Gasteiger partial charge in [-0.05, 0) is 38.0 Å². The van der Waals surface area contributed by atoms with E-state index in [4.69, 9.17) is 22.1 Å². The molecule has 0 spiro atoms. The van der Waals surface area contributed by atoms with Crippen molar-refractivity contribution in [1.29, 1.82) is 0 Å². The summed E-state index contributed by atoms with van der Waals surface area (Å²) in [5.41, 5.74) is 7.04. The minimum Gasteiger partial charge on any atom is -0.491 e. The van der Waals surface area contributed by atoms with Crippen LogP contribution in [0.3, 0.4) is 0 Å². The van der Waals surface area contributed by atoms with E-state index in [1.165, 1.54) is 0 Å². The zero-order chi connectivity index (χ0) is 11.3. The zero-order valence-corrected chi connectivity index (χ0v) is 10.00. The van der Waals surface area contributed by atoms with E-state index >= 15 is 0 Å². The summed E-state index contributed by atoms with van der Waals surface area (Å²) in [6, 6.07) is 7.91. The maximum Gasteiger partial charge on any atom is 0.119 e. The second kappa shape index (κ2) is 5.99. The zero-order valence-electron chi connectivity index (χ0n) is 9.24. The molecule has 0 heterocycles. The van der Waals surface area contributed by atoms with Gasteiger partial charge in [0, 0.05) is 11.9 Å². The van der Waals surface area contributed by atoms with Gasteiger partial charge < -0.3 is 10.5 Å². The topological polar surface area (TPSA) is 35.2 Å². The van der Waals surface area contributed by atoms with Gasteiger partial charge in [-0.1, -0.05) is 12.1 Å². The molecule has 1 aromatic rings. The van der Waals surface area contributed by atoms with Gasteiger partial charge in [0.05, 0.1) is 6.10 Å². The lowest BCUT2D eigenvalue weighted by Crippen LogP contribution is -2.11. The van der Waals surface area contributed by atoms with Crippen LogP contribution in [-0.2, 0) is 0 Å². The third-order valence-corrected chi connectivity index (χ3v) is 2.32. The summed E-state index contributed by atoms with van der Waals surface area (Å²) in [7, 11) is 0. The normalized spacial score (nSPS) is 12.9. The Labute approximate surface area is 96.4 Å². The SMILES string of the molecule is CC(C)Oc1ccc(C(N)CCCl)cc1. The van der Waals surface area contributed by atoms with Crippen molar-refractivity contribution in [2.75, 3.05) is 5.88 Å². The van der Waals surface area contributed by atoms with Gasteiger partial charge in [0.15, 0.2) is 0 Å². The lowest BCUT2D eigenvalue weighted by Gasteiger charge is -2.13. The molecule has 1 aromatic carbocycles. The van der Waals surface area contributed by atoms with Gasteiger partial charge in [0.2, 0.25) is 0 Å². The highest BCUT2D eigenvalue weighted by Gasteiger charge is 2.05. The van der Waals surface area contributed by atoms with Crippen LogP contribution in [0.1, 0.15) is 31.9 Å². The molecule has 0 saturated heterocycles. The van der Waals surface area contributed by atoms with Gasteiger partial charge >= 0.3 is 0 Å². The minimum absolute atomic E-state index is 0.0237. The molecular weight excluding hydrogens is 210 g/mol. The summed E-state index contributed by atoms with van der Waals surface area (Å²) >= 11 is 5.64. The molecule has 1 rings (SSSR count). The van der Waals surface area contributed by atoms with Crippen LogP contribution in [0.15, 0.2) is 24.3 Å².